The number of likely N-dealkylation sites (N-methyl/N-ethyl adjacent to an activating group) is 1. The van der Waals surface area contributed by atoms with E-state index in [4.69, 9.17) is 0 Å². The first kappa shape index (κ1) is 11.0. The third-order valence-electron chi connectivity index (χ3n) is 2.95. The fourth-order valence-corrected chi connectivity index (χ4v) is 2.11. The molecule has 1 rings (SSSR count). The second kappa shape index (κ2) is 5.58. The highest BCUT2D eigenvalue weighted by atomic mass is 16.3. The highest BCUT2D eigenvalue weighted by Crippen LogP contribution is 2.22. The quantitative estimate of drug-likeness (QED) is 0.612. The van der Waals surface area contributed by atoms with Crippen LogP contribution >= 0.6 is 0 Å². The molecule has 1 aliphatic carbocycles. The van der Waals surface area contributed by atoms with Gasteiger partial charge in [0.2, 0.25) is 0 Å². The van der Waals surface area contributed by atoms with Crippen molar-refractivity contribution < 1.29 is 5.11 Å². The molecule has 13 heavy (non-hydrogen) atoms. The molecule has 1 fully saturated rings. The van der Waals surface area contributed by atoms with E-state index in [1.807, 2.05) is 7.05 Å². The first-order valence-electron chi connectivity index (χ1n) is 5.28. The summed E-state index contributed by atoms with van der Waals surface area (Å²) in [5.41, 5.74) is 0. The van der Waals surface area contributed by atoms with Crippen molar-refractivity contribution >= 4 is 0 Å². The number of nitrogens with zero attached hydrogens (tertiary/aromatic N) is 1. The van der Waals surface area contributed by atoms with Gasteiger partial charge in [0.05, 0.1) is 6.10 Å². The summed E-state index contributed by atoms with van der Waals surface area (Å²) in [6.45, 7) is 2.15. The predicted molar refractivity (Wildman–Crippen MR) is 54.8 cm³/mol. The molecule has 2 N–H and O–H groups in total. The Bertz CT molecular complexity index is 141. The van der Waals surface area contributed by atoms with Crippen molar-refractivity contribution in [3.8, 4) is 0 Å². The molecular formula is C10H22N2O. The second-order valence-corrected chi connectivity index (χ2v) is 4.00. The Labute approximate surface area is 81.1 Å². The van der Waals surface area contributed by atoms with E-state index in [1.165, 1.54) is 6.42 Å². The lowest BCUT2D eigenvalue weighted by Gasteiger charge is -2.26. The van der Waals surface area contributed by atoms with Crippen molar-refractivity contribution in [1.29, 1.82) is 0 Å². The minimum absolute atomic E-state index is 0.0837. The SMILES string of the molecule is CNCCCN(C)C1CCCC1O. The van der Waals surface area contributed by atoms with Crippen LogP contribution in [-0.2, 0) is 0 Å². The number of aliphatic hydroxyl groups excluding tert-OH is 1. The Morgan fingerprint density at radius 1 is 1.46 bits per heavy atom. The van der Waals surface area contributed by atoms with Gasteiger partial charge in [0, 0.05) is 6.04 Å². The summed E-state index contributed by atoms with van der Waals surface area (Å²) in [6, 6.07) is 0.414. The van der Waals surface area contributed by atoms with Gasteiger partial charge in [0.15, 0.2) is 0 Å². The maximum Gasteiger partial charge on any atom is 0.0695 e. The van der Waals surface area contributed by atoms with Gasteiger partial charge in [0.1, 0.15) is 0 Å². The third kappa shape index (κ3) is 3.25. The van der Waals surface area contributed by atoms with Crippen LogP contribution in [0.2, 0.25) is 0 Å². The van der Waals surface area contributed by atoms with Crippen molar-refractivity contribution in [2.75, 3.05) is 27.2 Å². The predicted octanol–water partition coefficient (Wildman–Crippen LogP) is 0.441. The Kier molecular flexibility index (Phi) is 4.70. The molecule has 2 unspecified atom stereocenters. The molecular weight excluding hydrogens is 164 g/mol. The highest BCUT2D eigenvalue weighted by molar-refractivity contribution is 4.83. The van der Waals surface area contributed by atoms with E-state index >= 15 is 0 Å². The lowest BCUT2D eigenvalue weighted by molar-refractivity contribution is 0.0858. The lowest BCUT2D eigenvalue weighted by atomic mass is 10.2. The minimum Gasteiger partial charge on any atom is -0.391 e. The first-order chi connectivity index (χ1) is 6.25. The molecule has 3 heteroatoms. The smallest absolute Gasteiger partial charge is 0.0695 e. The van der Waals surface area contributed by atoms with Gasteiger partial charge in [-0.1, -0.05) is 0 Å². The van der Waals surface area contributed by atoms with Crippen LogP contribution in [-0.4, -0.2) is 49.3 Å². The second-order valence-electron chi connectivity index (χ2n) is 4.00. The number of hydrogen-bond acceptors (Lipinski definition) is 3. The molecule has 0 aliphatic heterocycles. The molecule has 0 saturated heterocycles. The molecule has 0 heterocycles. The highest BCUT2D eigenvalue weighted by Gasteiger charge is 2.27. The Morgan fingerprint density at radius 3 is 2.77 bits per heavy atom. The van der Waals surface area contributed by atoms with Crippen LogP contribution in [0.15, 0.2) is 0 Å². The van der Waals surface area contributed by atoms with Gasteiger partial charge in [-0.05, 0) is 52.9 Å². The van der Waals surface area contributed by atoms with Crippen molar-refractivity contribution in [3.05, 3.63) is 0 Å². The van der Waals surface area contributed by atoms with Crippen LogP contribution in [0.1, 0.15) is 25.7 Å². The minimum atomic E-state index is -0.0837. The maximum absolute atomic E-state index is 9.66. The van der Waals surface area contributed by atoms with E-state index < -0.39 is 0 Å². The van der Waals surface area contributed by atoms with Crippen molar-refractivity contribution in [1.82, 2.24) is 10.2 Å². The number of hydrogen-bond donors (Lipinski definition) is 2. The van der Waals surface area contributed by atoms with E-state index in [-0.39, 0.29) is 6.10 Å². The fraction of sp³-hybridized carbons (Fsp3) is 1.00. The molecule has 0 bridgehead atoms. The van der Waals surface area contributed by atoms with Crippen LogP contribution in [0, 0.1) is 0 Å². The fourth-order valence-electron chi connectivity index (χ4n) is 2.11. The molecule has 3 nitrogen and oxygen atoms in total. The lowest BCUT2D eigenvalue weighted by Crippen LogP contribution is -2.38. The van der Waals surface area contributed by atoms with E-state index in [0.29, 0.717) is 6.04 Å². The summed E-state index contributed by atoms with van der Waals surface area (Å²) in [5, 5.41) is 12.8. The normalized spacial score (nSPS) is 28.6. The van der Waals surface area contributed by atoms with Crippen LogP contribution in [0.3, 0.4) is 0 Å². The molecule has 0 spiro atoms. The van der Waals surface area contributed by atoms with Crippen LogP contribution in [0.5, 0.6) is 0 Å². The van der Waals surface area contributed by atoms with Crippen LogP contribution < -0.4 is 5.32 Å². The molecule has 1 saturated carbocycles. The topological polar surface area (TPSA) is 35.5 Å². The number of nitrogens with one attached hydrogen (secondary N) is 1. The van der Waals surface area contributed by atoms with E-state index in [2.05, 4.69) is 17.3 Å². The van der Waals surface area contributed by atoms with Gasteiger partial charge in [-0.15, -0.1) is 0 Å². The first-order valence-corrected chi connectivity index (χ1v) is 5.28. The molecule has 0 radical (unpaired) electrons. The summed E-state index contributed by atoms with van der Waals surface area (Å²) in [4.78, 5) is 2.30. The van der Waals surface area contributed by atoms with Crippen molar-refractivity contribution in [3.63, 3.8) is 0 Å². The Hall–Kier alpha value is -0.120. The van der Waals surface area contributed by atoms with Gasteiger partial charge in [-0.3, -0.25) is 0 Å². The average molecular weight is 186 g/mol. The summed E-state index contributed by atoms with van der Waals surface area (Å²) in [6.07, 6.45) is 4.41. The zero-order valence-corrected chi connectivity index (χ0v) is 8.79. The molecule has 0 aromatic carbocycles. The molecule has 1 aliphatic rings. The van der Waals surface area contributed by atoms with E-state index in [9.17, 15) is 5.11 Å². The molecule has 0 amide bonds. The van der Waals surface area contributed by atoms with Gasteiger partial charge in [0.25, 0.3) is 0 Å². The standard InChI is InChI=1S/C10H22N2O/c1-11-7-4-8-12(2)9-5-3-6-10(9)13/h9-11,13H,3-8H2,1-2H3. The molecule has 0 aromatic heterocycles. The summed E-state index contributed by atoms with van der Waals surface area (Å²) >= 11 is 0. The van der Waals surface area contributed by atoms with Gasteiger partial charge < -0.3 is 15.3 Å². The van der Waals surface area contributed by atoms with Gasteiger partial charge in [-0.25, -0.2) is 0 Å². The summed E-state index contributed by atoms with van der Waals surface area (Å²) in [7, 11) is 4.10. The molecule has 2 atom stereocenters. The van der Waals surface area contributed by atoms with E-state index in [0.717, 1.165) is 32.4 Å². The maximum atomic E-state index is 9.66. The third-order valence-corrected chi connectivity index (χ3v) is 2.95. The van der Waals surface area contributed by atoms with Crippen LogP contribution in [0.4, 0.5) is 0 Å². The van der Waals surface area contributed by atoms with Gasteiger partial charge in [-0.2, -0.15) is 0 Å². The number of aliphatic hydroxyl groups is 1. The summed E-state index contributed by atoms with van der Waals surface area (Å²) < 4.78 is 0. The monoisotopic (exact) mass is 186 g/mol. The average Bonchev–Trinajstić information content (AvgIpc) is 2.52. The zero-order valence-electron chi connectivity index (χ0n) is 8.79. The van der Waals surface area contributed by atoms with Crippen molar-refractivity contribution in [2.24, 2.45) is 0 Å². The zero-order chi connectivity index (χ0) is 9.68. The van der Waals surface area contributed by atoms with Gasteiger partial charge >= 0.3 is 0 Å². The Morgan fingerprint density at radius 2 is 2.23 bits per heavy atom. The Balaban J connectivity index is 2.18. The largest absolute Gasteiger partial charge is 0.391 e. The van der Waals surface area contributed by atoms with E-state index in [1.54, 1.807) is 0 Å². The summed E-state index contributed by atoms with van der Waals surface area (Å²) in [5.74, 6) is 0. The molecule has 0 aromatic rings. The van der Waals surface area contributed by atoms with Crippen molar-refractivity contribution in [2.45, 2.75) is 37.8 Å². The molecule has 78 valence electrons. The van der Waals surface area contributed by atoms with Crippen LogP contribution in [0.25, 0.3) is 0 Å². The number of rotatable bonds is 5.